The van der Waals surface area contributed by atoms with E-state index in [0.717, 1.165) is 5.56 Å². The fourth-order valence-electron chi connectivity index (χ4n) is 2.41. The third kappa shape index (κ3) is 4.54. The Hall–Kier alpha value is -2.93. The molecule has 1 amide bonds. The summed E-state index contributed by atoms with van der Waals surface area (Å²) in [6, 6.07) is 11.8. The Bertz CT molecular complexity index is 776. The third-order valence-corrected chi connectivity index (χ3v) is 3.87. The predicted octanol–water partition coefficient (Wildman–Crippen LogP) is 3.03. The number of hydrogen-bond acceptors (Lipinski definition) is 5. The predicted molar refractivity (Wildman–Crippen MR) is 92.9 cm³/mol. The van der Waals surface area contributed by atoms with Gasteiger partial charge in [0, 0.05) is 30.8 Å². The number of amides is 1. The van der Waals surface area contributed by atoms with E-state index in [1.54, 1.807) is 33.3 Å². The molecule has 2 rings (SSSR count). The highest BCUT2D eigenvalue weighted by Gasteiger charge is 2.17. The molecule has 0 saturated carbocycles. The number of nitrogens with one attached hydrogen (secondary N) is 1. The zero-order valence-corrected chi connectivity index (χ0v) is 14.3. The van der Waals surface area contributed by atoms with E-state index in [2.05, 4.69) is 5.32 Å². The van der Waals surface area contributed by atoms with E-state index < -0.39 is 10.8 Å². The number of carbonyl (C=O) groups is 1. The highest BCUT2D eigenvalue weighted by atomic mass is 16.6. The molecule has 132 valence electrons. The van der Waals surface area contributed by atoms with Gasteiger partial charge in [-0.1, -0.05) is 18.2 Å². The van der Waals surface area contributed by atoms with Gasteiger partial charge in [-0.15, -0.1) is 0 Å². The first-order chi connectivity index (χ1) is 12.0. The zero-order valence-electron chi connectivity index (χ0n) is 14.3. The van der Waals surface area contributed by atoms with Crippen LogP contribution in [0.5, 0.6) is 5.75 Å². The lowest BCUT2D eigenvalue weighted by atomic mass is 10.1. The van der Waals surface area contributed by atoms with Crippen molar-refractivity contribution in [1.29, 1.82) is 0 Å². The Balaban J connectivity index is 2.09. The molecule has 0 spiro atoms. The molecule has 1 N–H and O–H groups in total. The number of nitro groups is 1. The molecule has 0 bridgehead atoms. The minimum absolute atomic E-state index is 0.0799. The summed E-state index contributed by atoms with van der Waals surface area (Å²) in [7, 11) is 3.13. The van der Waals surface area contributed by atoms with E-state index in [1.807, 2.05) is 24.3 Å². The van der Waals surface area contributed by atoms with Crippen LogP contribution in [0.1, 0.15) is 27.6 Å². The summed E-state index contributed by atoms with van der Waals surface area (Å²) >= 11 is 0. The number of aryl methyl sites for hydroxylation is 1. The number of ether oxygens (including phenoxy) is 2. The maximum Gasteiger partial charge on any atom is 0.273 e. The first-order valence-corrected chi connectivity index (χ1v) is 7.66. The van der Waals surface area contributed by atoms with Crippen LogP contribution >= 0.6 is 0 Å². The van der Waals surface area contributed by atoms with Crippen LogP contribution in [0.3, 0.4) is 0 Å². The van der Waals surface area contributed by atoms with Gasteiger partial charge in [0.05, 0.1) is 18.1 Å². The average molecular weight is 344 g/mol. The monoisotopic (exact) mass is 344 g/mol. The number of nitrogens with zero attached hydrogens (tertiary/aromatic N) is 1. The molecule has 0 heterocycles. The van der Waals surface area contributed by atoms with Crippen LogP contribution in [0.2, 0.25) is 0 Å². The van der Waals surface area contributed by atoms with E-state index in [1.165, 1.54) is 6.07 Å². The molecule has 0 saturated heterocycles. The maximum absolute atomic E-state index is 12.3. The Labute approximate surface area is 145 Å². The van der Waals surface area contributed by atoms with E-state index in [4.69, 9.17) is 9.47 Å². The summed E-state index contributed by atoms with van der Waals surface area (Å²) < 4.78 is 10.6. The minimum atomic E-state index is -0.500. The Morgan fingerprint density at radius 3 is 2.64 bits per heavy atom. The molecule has 1 unspecified atom stereocenters. The van der Waals surface area contributed by atoms with Crippen LogP contribution < -0.4 is 10.1 Å². The fraction of sp³-hybridized carbons (Fsp3) is 0.278. The topological polar surface area (TPSA) is 90.7 Å². The lowest BCUT2D eigenvalue weighted by molar-refractivity contribution is -0.385. The van der Waals surface area contributed by atoms with E-state index in [9.17, 15) is 14.9 Å². The van der Waals surface area contributed by atoms with Crippen molar-refractivity contribution in [3.8, 4) is 5.75 Å². The van der Waals surface area contributed by atoms with Gasteiger partial charge in [0.1, 0.15) is 5.75 Å². The van der Waals surface area contributed by atoms with Crippen LogP contribution in [0.25, 0.3) is 0 Å². The van der Waals surface area contributed by atoms with Crippen LogP contribution in [0.4, 0.5) is 5.69 Å². The van der Waals surface area contributed by atoms with Crippen molar-refractivity contribution >= 4 is 11.6 Å². The van der Waals surface area contributed by atoms with E-state index in [-0.39, 0.29) is 23.9 Å². The van der Waals surface area contributed by atoms with Crippen LogP contribution in [-0.4, -0.2) is 31.6 Å². The van der Waals surface area contributed by atoms with Crippen molar-refractivity contribution < 1.29 is 19.2 Å². The molecule has 0 aliphatic carbocycles. The molecular formula is C18H20N2O5. The first kappa shape index (κ1) is 18.4. The number of benzene rings is 2. The van der Waals surface area contributed by atoms with Gasteiger partial charge in [-0.2, -0.15) is 0 Å². The lowest BCUT2D eigenvalue weighted by Gasteiger charge is -2.17. The number of nitro benzene ring substituents is 1. The molecule has 2 aromatic rings. The zero-order chi connectivity index (χ0) is 18.4. The van der Waals surface area contributed by atoms with Crippen molar-refractivity contribution in [1.82, 2.24) is 5.32 Å². The van der Waals surface area contributed by atoms with Gasteiger partial charge in [0.25, 0.3) is 11.6 Å². The van der Waals surface area contributed by atoms with E-state index >= 15 is 0 Å². The molecule has 0 radical (unpaired) electrons. The fourth-order valence-corrected chi connectivity index (χ4v) is 2.41. The van der Waals surface area contributed by atoms with Gasteiger partial charge in [0.2, 0.25) is 0 Å². The smallest absolute Gasteiger partial charge is 0.273 e. The van der Waals surface area contributed by atoms with Gasteiger partial charge >= 0.3 is 0 Å². The highest BCUT2D eigenvalue weighted by Crippen LogP contribution is 2.22. The number of rotatable bonds is 7. The van der Waals surface area contributed by atoms with Crippen molar-refractivity contribution in [2.75, 3.05) is 20.8 Å². The average Bonchev–Trinajstić information content (AvgIpc) is 2.62. The SMILES string of the molecule is COc1cccc(C(CNC(=O)c2ccc(C)c([N+](=O)[O-])c2)OC)c1. The van der Waals surface area contributed by atoms with Gasteiger partial charge in [0.15, 0.2) is 0 Å². The molecule has 7 heteroatoms. The normalized spacial score (nSPS) is 11.6. The second-order valence-electron chi connectivity index (χ2n) is 5.47. The molecule has 0 aromatic heterocycles. The minimum Gasteiger partial charge on any atom is -0.497 e. The van der Waals surface area contributed by atoms with Gasteiger partial charge in [-0.05, 0) is 30.7 Å². The number of carbonyl (C=O) groups excluding carboxylic acids is 1. The van der Waals surface area contributed by atoms with Crippen LogP contribution in [-0.2, 0) is 4.74 Å². The summed E-state index contributed by atoms with van der Waals surface area (Å²) in [5.74, 6) is 0.299. The Morgan fingerprint density at radius 2 is 2.00 bits per heavy atom. The second kappa shape index (κ2) is 8.25. The number of methoxy groups -OCH3 is 2. The molecule has 1 atom stereocenters. The molecule has 25 heavy (non-hydrogen) atoms. The molecule has 0 aliphatic rings. The quantitative estimate of drug-likeness (QED) is 0.616. The second-order valence-corrected chi connectivity index (χ2v) is 5.47. The summed E-state index contributed by atoms with van der Waals surface area (Å²) in [4.78, 5) is 22.8. The Morgan fingerprint density at radius 1 is 1.24 bits per heavy atom. The summed E-state index contributed by atoms with van der Waals surface area (Å²) in [5.41, 5.74) is 1.52. The van der Waals surface area contributed by atoms with E-state index in [0.29, 0.717) is 11.3 Å². The molecule has 0 aliphatic heterocycles. The molecule has 2 aromatic carbocycles. The summed E-state index contributed by atoms with van der Waals surface area (Å²) in [5, 5.41) is 13.7. The summed E-state index contributed by atoms with van der Waals surface area (Å²) in [6.45, 7) is 1.85. The van der Waals surface area contributed by atoms with Gasteiger partial charge in [-0.25, -0.2) is 0 Å². The van der Waals surface area contributed by atoms with Crippen molar-refractivity contribution in [2.45, 2.75) is 13.0 Å². The van der Waals surface area contributed by atoms with Gasteiger partial charge in [-0.3, -0.25) is 14.9 Å². The standard InChI is InChI=1S/C18H20N2O5/c1-12-7-8-14(10-16(12)20(22)23)18(21)19-11-17(25-3)13-5-4-6-15(9-13)24-2/h4-10,17H,11H2,1-3H3,(H,19,21). The first-order valence-electron chi connectivity index (χ1n) is 7.66. The lowest BCUT2D eigenvalue weighted by Crippen LogP contribution is -2.29. The molecular weight excluding hydrogens is 324 g/mol. The maximum atomic E-state index is 12.3. The number of hydrogen-bond donors (Lipinski definition) is 1. The Kier molecular flexibility index (Phi) is 6.08. The largest absolute Gasteiger partial charge is 0.497 e. The van der Waals surface area contributed by atoms with Gasteiger partial charge < -0.3 is 14.8 Å². The molecule has 0 fully saturated rings. The van der Waals surface area contributed by atoms with Crippen molar-refractivity contribution in [2.24, 2.45) is 0 Å². The van der Waals surface area contributed by atoms with Crippen molar-refractivity contribution in [3.63, 3.8) is 0 Å². The van der Waals surface area contributed by atoms with Crippen LogP contribution in [0.15, 0.2) is 42.5 Å². The third-order valence-electron chi connectivity index (χ3n) is 3.87. The summed E-state index contributed by atoms with van der Waals surface area (Å²) in [6.07, 6.45) is -0.362. The molecule has 7 nitrogen and oxygen atoms in total. The van der Waals surface area contributed by atoms with Crippen LogP contribution in [0, 0.1) is 17.0 Å². The highest BCUT2D eigenvalue weighted by molar-refractivity contribution is 5.95. The van der Waals surface area contributed by atoms with Crippen molar-refractivity contribution in [3.05, 3.63) is 69.3 Å².